The Morgan fingerprint density at radius 1 is 0.328 bits per heavy atom. The van der Waals surface area contributed by atoms with E-state index in [0.717, 1.165) is 93.9 Å². The summed E-state index contributed by atoms with van der Waals surface area (Å²) in [5.74, 6) is 0. The molecule has 0 aliphatic heterocycles. The first-order valence-corrected chi connectivity index (χ1v) is 21.6. The molecule has 0 N–H and O–H groups in total. The topological polar surface area (TPSA) is 46.5 Å². The summed E-state index contributed by atoms with van der Waals surface area (Å²) in [6.07, 6.45) is 3.65. The molecule has 0 atom stereocenters. The summed E-state index contributed by atoms with van der Waals surface area (Å²) in [6, 6.07) is 80.1. The molecule has 3 heterocycles. The Morgan fingerprint density at radius 3 is 1.30 bits per heavy atom. The summed E-state index contributed by atoms with van der Waals surface area (Å²) in [4.78, 5) is 4.39. The molecular weight excluding hydrogens is 777 g/mol. The molecule has 0 fully saturated rings. The van der Waals surface area contributed by atoms with Crippen LogP contribution < -0.4 is 0 Å². The molecule has 0 aliphatic rings. The molecule has 0 bridgehead atoms. The van der Waals surface area contributed by atoms with E-state index in [2.05, 4.69) is 226 Å². The van der Waals surface area contributed by atoms with E-state index in [1.54, 1.807) is 0 Å². The SMILES string of the molecule is N#Cc1c(-n2c3ccccc3c3c(-c4ccccc4-c4ccccc4)cccc32)ccc(-c2ccncc2)c1-n1c2ccccc2c2c(-c3ccccc3-c3ccccc3)cccc21. The third-order valence-electron chi connectivity index (χ3n) is 12.7. The minimum atomic E-state index is 0.574. The summed E-state index contributed by atoms with van der Waals surface area (Å²) in [5.41, 5.74) is 17.5. The number of fused-ring (bicyclic) bond motifs is 6. The molecule has 9 aromatic carbocycles. The van der Waals surface area contributed by atoms with Gasteiger partial charge in [-0.1, -0.05) is 176 Å². The average molecular weight is 815 g/mol. The molecule has 4 heteroatoms. The number of pyridine rings is 1. The van der Waals surface area contributed by atoms with Gasteiger partial charge in [0.05, 0.1) is 33.4 Å². The van der Waals surface area contributed by atoms with Crippen molar-refractivity contribution >= 4 is 43.6 Å². The Hall–Kier alpha value is -8.78. The number of hydrogen-bond donors (Lipinski definition) is 0. The zero-order valence-corrected chi connectivity index (χ0v) is 34.7. The minimum absolute atomic E-state index is 0.574. The van der Waals surface area contributed by atoms with Crippen LogP contribution in [-0.2, 0) is 0 Å². The highest BCUT2D eigenvalue weighted by Crippen LogP contribution is 2.47. The van der Waals surface area contributed by atoms with Gasteiger partial charge >= 0.3 is 0 Å². The van der Waals surface area contributed by atoms with Crippen LogP contribution in [0.3, 0.4) is 0 Å². The van der Waals surface area contributed by atoms with Gasteiger partial charge in [-0.3, -0.25) is 4.98 Å². The number of benzene rings is 9. The van der Waals surface area contributed by atoms with Crippen molar-refractivity contribution in [2.45, 2.75) is 0 Å². The maximum absolute atomic E-state index is 11.8. The zero-order valence-electron chi connectivity index (χ0n) is 34.7. The molecule has 0 aliphatic carbocycles. The highest BCUT2D eigenvalue weighted by atomic mass is 15.0. The predicted octanol–water partition coefficient (Wildman–Crippen LogP) is 15.5. The summed E-state index contributed by atoms with van der Waals surface area (Å²) in [7, 11) is 0. The second kappa shape index (κ2) is 15.3. The van der Waals surface area contributed by atoms with Crippen molar-refractivity contribution in [3.8, 4) is 73.1 Å². The van der Waals surface area contributed by atoms with Crippen molar-refractivity contribution in [3.63, 3.8) is 0 Å². The van der Waals surface area contributed by atoms with E-state index in [9.17, 15) is 5.26 Å². The Labute approximate surface area is 370 Å². The van der Waals surface area contributed by atoms with E-state index >= 15 is 0 Å². The van der Waals surface area contributed by atoms with Gasteiger partial charge in [0, 0.05) is 39.5 Å². The van der Waals surface area contributed by atoms with Crippen molar-refractivity contribution in [2.24, 2.45) is 0 Å². The molecular formula is C60H38N4. The lowest BCUT2D eigenvalue weighted by atomic mass is 9.92. The zero-order chi connectivity index (χ0) is 42.6. The molecule has 0 saturated carbocycles. The fourth-order valence-corrected chi connectivity index (χ4v) is 10.0. The quantitative estimate of drug-likeness (QED) is 0.161. The Balaban J connectivity index is 1.17. The number of rotatable bonds is 7. The van der Waals surface area contributed by atoms with Crippen LogP contribution in [0.25, 0.3) is 111 Å². The highest BCUT2D eigenvalue weighted by molar-refractivity contribution is 6.19. The maximum atomic E-state index is 11.8. The van der Waals surface area contributed by atoms with Crippen LogP contribution in [0.1, 0.15) is 5.56 Å². The van der Waals surface area contributed by atoms with Gasteiger partial charge in [0.25, 0.3) is 0 Å². The van der Waals surface area contributed by atoms with Gasteiger partial charge < -0.3 is 9.13 Å². The summed E-state index contributed by atoms with van der Waals surface area (Å²) in [5, 5.41) is 16.3. The fourth-order valence-electron chi connectivity index (χ4n) is 10.0. The lowest BCUT2D eigenvalue weighted by Gasteiger charge is -2.20. The van der Waals surface area contributed by atoms with Crippen LogP contribution in [0.15, 0.2) is 231 Å². The van der Waals surface area contributed by atoms with Crippen molar-refractivity contribution in [2.75, 3.05) is 0 Å². The second-order valence-electron chi connectivity index (χ2n) is 16.1. The summed E-state index contributed by atoms with van der Waals surface area (Å²) in [6.45, 7) is 0. The molecule has 0 unspecified atom stereocenters. The van der Waals surface area contributed by atoms with E-state index in [1.165, 1.54) is 16.7 Å². The highest BCUT2D eigenvalue weighted by Gasteiger charge is 2.26. The first-order chi connectivity index (χ1) is 31.8. The molecule has 0 spiro atoms. The number of aromatic nitrogens is 3. The lowest BCUT2D eigenvalue weighted by Crippen LogP contribution is -2.06. The standard InChI is InChI=1S/C60H38N4/c61-39-52-55(63-53-29-13-11-25-50(53)58-48(27-15-31-56(58)63)46-23-9-7-21-43(46)40-17-3-1-4-18-40)34-33-45(42-35-37-62-38-36-42)60(52)64-54-30-14-12-26-51(54)59-49(28-16-32-57(59)64)47-24-10-8-22-44(47)41-19-5-2-6-20-41/h1-38H. The number of para-hydroxylation sites is 2. The number of hydrogen-bond acceptors (Lipinski definition) is 2. The summed E-state index contributed by atoms with van der Waals surface area (Å²) >= 11 is 0. The molecule has 298 valence electrons. The predicted molar refractivity (Wildman–Crippen MR) is 265 cm³/mol. The maximum Gasteiger partial charge on any atom is 0.104 e. The van der Waals surface area contributed by atoms with Crippen LogP contribution in [0.2, 0.25) is 0 Å². The minimum Gasteiger partial charge on any atom is -0.308 e. The monoisotopic (exact) mass is 814 g/mol. The van der Waals surface area contributed by atoms with Crippen molar-refractivity contribution in [1.82, 2.24) is 14.1 Å². The van der Waals surface area contributed by atoms with E-state index in [0.29, 0.717) is 5.56 Å². The molecule has 4 nitrogen and oxygen atoms in total. The Morgan fingerprint density at radius 2 is 0.750 bits per heavy atom. The van der Waals surface area contributed by atoms with Crippen LogP contribution in [0.5, 0.6) is 0 Å². The molecule has 0 radical (unpaired) electrons. The lowest BCUT2D eigenvalue weighted by molar-refractivity contribution is 1.12. The van der Waals surface area contributed by atoms with Crippen LogP contribution >= 0.6 is 0 Å². The molecule has 12 aromatic rings. The van der Waals surface area contributed by atoms with Crippen molar-refractivity contribution in [3.05, 3.63) is 236 Å². The van der Waals surface area contributed by atoms with E-state index in [4.69, 9.17) is 0 Å². The first kappa shape index (κ1) is 37.0. The van der Waals surface area contributed by atoms with Crippen LogP contribution in [-0.4, -0.2) is 14.1 Å². The van der Waals surface area contributed by atoms with Gasteiger partial charge in [-0.2, -0.15) is 5.26 Å². The van der Waals surface area contributed by atoms with Gasteiger partial charge in [-0.15, -0.1) is 0 Å². The molecule has 64 heavy (non-hydrogen) atoms. The third-order valence-corrected chi connectivity index (χ3v) is 12.7. The van der Waals surface area contributed by atoms with Gasteiger partial charge in [0.1, 0.15) is 11.6 Å². The molecule has 12 rings (SSSR count). The first-order valence-electron chi connectivity index (χ1n) is 21.6. The molecule has 3 aromatic heterocycles. The van der Waals surface area contributed by atoms with Crippen molar-refractivity contribution < 1.29 is 0 Å². The van der Waals surface area contributed by atoms with Gasteiger partial charge in [0.2, 0.25) is 0 Å². The Kier molecular flexibility index (Phi) is 8.84. The third kappa shape index (κ3) is 5.80. The van der Waals surface area contributed by atoms with Crippen molar-refractivity contribution in [1.29, 1.82) is 5.26 Å². The van der Waals surface area contributed by atoms with Gasteiger partial charge in [-0.25, -0.2) is 0 Å². The average Bonchev–Trinajstić information content (AvgIpc) is 3.90. The second-order valence-corrected chi connectivity index (χ2v) is 16.1. The smallest absolute Gasteiger partial charge is 0.104 e. The van der Waals surface area contributed by atoms with E-state index < -0.39 is 0 Å². The van der Waals surface area contributed by atoms with Gasteiger partial charge in [0.15, 0.2) is 0 Å². The molecule has 0 saturated heterocycles. The normalized spacial score (nSPS) is 11.4. The Bertz CT molecular complexity index is 3780. The number of nitrogens with zero attached hydrogens (tertiary/aromatic N) is 4. The molecule has 0 amide bonds. The van der Waals surface area contributed by atoms with Gasteiger partial charge in [-0.05, 0) is 92.5 Å². The largest absolute Gasteiger partial charge is 0.308 e. The fraction of sp³-hybridized carbons (Fsp3) is 0. The van der Waals surface area contributed by atoms with E-state index in [-0.39, 0.29) is 0 Å². The number of nitriles is 1. The van der Waals surface area contributed by atoms with E-state index in [1.807, 2.05) is 24.5 Å². The van der Waals surface area contributed by atoms with Crippen LogP contribution in [0.4, 0.5) is 0 Å². The summed E-state index contributed by atoms with van der Waals surface area (Å²) < 4.78 is 4.62. The van der Waals surface area contributed by atoms with Crippen LogP contribution in [0, 0.1) is 11.3 Å².